The Hall–Kier alpha value is -1.78. The third kappa shape index (κ3) is 6.16. The molecule has 3 saturated heterocycles. The molecule has 0 aromatic heterocycles. The number of anilines is 1. The lowest BCUT2D eigenvalue weighted by Crippen LogP contribution is -2.61. The number of carbonyl (C=O) groups excluding carboxylic acids is 3. The molecule has 3 N–H and O–H groups in total. The van der Waals surface area contributed by atoms with Crippen molar-refractivity contribution in [2.75, 3.05) is 18.5 Å². The first-order chi connectivity index (χ1) is 19.0. The van der Waals surface area contributed by atoms with Crippen molar-refractivity contribution in [3.63, 3.8) is 0 Å². The van der Waals surface area contributed by atoms with Crippen molar-refractivity contribution in [1.29, 1.82) is 0 Å². The van der Waals surface area contributed by atoms with Gasteiger partial charge in [0.15, 0.2) is 0 Å². The quantitative estimate of drug-likeness (QED) is 0.313. The molecule has 1 aromatic rings. The Bertz CT molecular complexity index is 1150. The summed E-state index contributed by atoms with van der Waals surface area (Å²) in [7, 11) is 0. The van der Waals surface area contributed by atoms with Gasteiger partial charge in [0.05, 0.1) is 35.8 Å². The van der Waals surface area contributed by atoms with E-state index in [1.54, 1.807) is 40.9 Å². The first-order valence-corrected chi connectivity index (χ1v) is 16.5. The Morgan fingerprint density at radius 2 is 1.80 bits per heavy atom. The molecular weight excluding hydrogens is 606 g/mol. The van der Waals surface area contributed by atoms with Crippen molar-refractivity contribution in [3.8, 4) is 5.75 Å². The fourth-order valence-electron chi connectivity index (χ4n) is 7.44. The van der Waals surface area contributed by atoms with E-state index >= 15 is 0 Å². The van der Waals surface area contributed by atoms with Gasteiger partial charge in [0.2, 0.25) is 17.7 Å². The maximum absolute atomic E-state index is 14.4. The number of carbonyl (C=O) groups is 3. The molecule has 2 bridgehead atoms. The van der Waals surface area contributed by atoms with Crippen LogP contribution in [0.2, 0.25) is 0 Å². The van der Waals surface area contributed by atoms with Crippen LogP contribution < -0.4 is 15.4 Å². The second kappa shape index (κ2) is 11.7. The van der Waals surface area contributed by atoms with Gasteiger partial charge in [-0.25, -0.2) is 0 Å². The van der Waals surface area contributed by atoms with Crippen LogP contribution in [0.4, 0.5) is 5.69 Å². The average Bonchev–Trinajstić information content (AvgIpc) is 3.42. The summed E-state index contributed by atoms with van der Waals surface area (Å²) in [5, 5.41) is 16.6. The lowest BCUT2D eigenvalue weighted by Gasteiger charge is -2.41. The summed E-state index contributed by atoms with van der Waals surface area (Å²) in [6.45, 7) is 16.5. The Balaban J connectivity index is 1.70. The Labute approximate surface area is 257 Å². The van der Waals surface area contributed by atoms with Gasteiger partial charge in [-0.3, -0.25) is 14.4 Å². The Morgan fingerprint density at radius 1 is 1.17 bits per heavy atom. The van der Waals surface area contributed by atoms with Crippen LogP contribution in [0, 0.1) is 23.2 Å². The number of halogens is 1. The van der Waals surface area contributed by atoms with Gasteiger partial charge in [0.25, 0.3) is 0 Å². The van der Waals surface area contributed by atoms with E-state index in [4.69, 9.17) is 4.74 Å². The van der Waals surface area contributed by atoms with Crippen molar-refractivity contribution in [1.82, 2.24) is 10.2 Å². The van der Waals surface area contributed by atoms with E-state index in [2.05, 4.69) is 47.3 Å². The molecule has 3 amide bonds. The predicted octanol–water partition coefficient (Wildman–Crippen LogP) is 4.84. The van der Waals surface area contributed by atoms with Crippen LogP contribution in [-0.2, 0) is 14.4 Å². The van der Waals surface area contributed by atoms with Crippen molar-refractivity contribution in [2.24, 2.45) is 23.2 Å². The highest BCUT2D eigenvalue weighted by molar-refractivity contribution is 9.09. The molecule has 1 aromatic carbocycles. The minimum atomic E-state index is -0.794. The van der Waals surface area contributed by atoms with Crippen molar-refractivity contribution in [2.45, 2.75) is 101 Å². The minimum absolute atomic E-state index is 0.0140. The molecule has 228 valence electrons. The van der Waals surface area contributed by atoms with Gasteiger partial charge in [0, 0.05) is 21.3 Å². The summed E-state index contributed by atoms with van der Waals surface area (Å²) in [5.41, 5.74) is 0.104. The zero-order valence-electron chi connectivity index (χ0n) is 25.5. The maximum atomic E-state index is 14.4. The molecule has 3 heterocycles. The van der Waals surface area contributed by atoms with Crippen molar-refractivity contribution < 1.29 is 24.2 Å². The number of rotatable bonds is 10. The molecular formula is C31H46BrN3O5S. The third-order valence-corrected chi connectivity index (χ3v) is 11.7. The Morgan fingerprint density at radius 3 is 2.34 bits per heavy atom. The van der Waals surface area contributed by atoms with E-state index in [-0.39, 0.29) is 45.7 Å². The number of nitrogens with one attached hydrogen (secondary N) is 2. The van der Waals surface area contributed by atoms with Gasteiger partial charge in [-0.1, -0.05) is 50.5 Å². The number of hydrogen-bond donors (Lipinski definition) is 3. The number of likely N-dealkylation sites (tertiary alicyclic amines) is 1. The Kier molecular flexibility index (Phi) is 9.19. The first-order valence-electron chi connectivity index (χ1n) is 14.7. The van der Waals surface area contributed by atoms with E-state index in [0.29, 0.717) is 24.5 Å². The standard InChI is InChI=1S/C31H46BrN3O5S/c1-9-40-19-12-10-18(11-13-19)33-26(37)22-23-28(39)35(21(15-36)17(2)3)25(31(23)14-20(32)24(22)41-31)27(38)34-30(7,8)16-29(4,5)6/h10-13,17,20-25,36H,9,14-16H2,1-8H3,(H,33,37)(H,34,38)/t20?,21-,22-,23-,24-,25?,31?/m0/s1. The van der Waals surface area contributed by atoms with Gasteiger partial charge < -0.3 is 25.4 Å². The van der Waals surface area contributed by atoms with Crippen LogP contribution in [0.3, 0.4) is 0 Å². The predicted molar refractivity (Wildman–Crippen MR) is 167 cm³/mol. The zero-order valence-corrected chi connectivity index (χ0v) is 27.9. The summed E-state index contributed by atoms with van der Waals surface area (Å²) in [4.78, 5) is 44.2. The monoisotopic (exact) mass is 651 g/mol. The molecule has 0 saturated carbocycles. The molecule has 0 radical (unpaired) electrons. The molecule has 41 heavy (non-hydrogen) atoms. The number of hydrogen-bond acceptors (Lipinski definition) is 6. The van der Waals surface area contributed by atoms with Gasteiger partial charge >= 0.3 is 0 Å². The fourth-order valence-corrected chi connectivity index (χ4v) is 11.0. The van der Waals surface area contributed by atoms with Crippen LogP contribution in [0.5, 0.6) is 5.75 Å². The van der Waals surface area contributed by atoms with Gasteiger partial charge in [0.1, 0.15) is 11.8 Å². The second-order valence-corrected chi connectivity index (χ2v) is 16.7. The molecule has 3 fully saturated rings. The van der Waals surface area contributed by atoms with Gasteiger partial charge in [-0.05, 0) is 69.2 Å². The van der Waals surface area contributed by atoms with E-state index < -0.39 is 34.2 Å². The van der Waals surface area contributed by atoms with E-state index in [1.165, 1.54) is 0 Å². The van der Waals surface area contributed by atoms with E-state index in [1.807, 2.05) is 34.6 Å². The summed E-state index contributed by atoms with van der Waals surface area (Å²) in [6, 6.07) is 5.87. The average molecular weight is 653 g/mol. The third-order valence-electron chi connectivity index (χ3n) is 8.46. The maximum Gasteiger partial charge on any atom is 0.244 e. The lowest BCUT2D eigenvalue weighted by molar-refractivity contribution is -0.143. The number of fused-ring (bicyclic) bond motifs is 1. The molecule has 10 heteroatoms. The highest BCUT2D eigenvalue weighted by Gasteiger charge is 2.76. The molecule has 8 nitrogen and oxygen atoms in total. The molecule has 4 rings (SSSR count). The van der Waals surface area contributed by atoms with Crippen LogP contribution in [-0.4, -0.2) is 73.4 Å². The number of benzene rings is 1. The SMILES string of the molecule is CCOc1ccc(NC(=O)[C@H]2[C@H]3C(=O)N([C@@H](CO)C(C)C)C(C(=O)NC(C)(C)CC(C)(C)C)C34CC(Br)[C@@H]2S4)cc1. The molecule has 1 spiro atoms. The zero-order chi connectivity index (χ0) is 30.5. The number of ether oxygens (including phenoxy) is 1. The smallest absolute Gasteiger partial charge is 0.244 e. The minimum Gasteiger partial charge on any atom is -0.494 e. The van der Waals surface area contributed by atoms with Gasteiger partial charge in [-0.15, -0.1) is 11.8 Å². The number of aliphatic hydroxyl groups excluding tert-OH is 1. The summed E-state index contributed by atoms with van der Waals surface area (Å²) >= 11 is 5.42. The van der Waals surface area contributed by atoms with Crippen LogP contribution >= 0.6 is 27.7 Å². The number of thioether (sulfide) groups is 1. The van der Waals surface area contributed by atoms with Crippen molar-refractivity contribution >= 4 is 51.1 Å². The number of aliphatic hydroxyl groups is 1. The summed E-state index contributed by atoms with van der Waals surface area (Å²) in [6.07, 6.45) is 1.34. The number of nitrogens with zero attached hydrogens (tertiary/aromatic N) is 1. The van der Waals surface area contributed by atoms with Crippen LogP contribution in [0.25, 0.3) is 0 Å². The molecule has 0 aliphatic carbocycles. The van der Waals surface area contributed by atoms with E-state index in [0.717, 1.165) is 6.42 Å². The molecule has 3 aliphatic rings. The summed E-state index contributed by atoms with van der Waals surface area (Å²) in [5.74, 6) is -1.29. The topological polar surface area (TPSA) is 108 Å². The molecule has 3 aliphatic heterocycles. The largest absolute Gasteiger partial charge is 0.494 e. The van der Waals surface area contributed by atoms with Crippen molar-refractivity contribution in [3.05, 3.63) is 24.3 Å². The van der Waals surface area contributed by atoms with Crippen LogP contribution in [0.15, 0.2) is 24.3 Å². The molecule has 7 atom stereocenters. The highest BCUT2D eigenvalue weighted by atomic mass is 79.9. The fraction of sp³-hybridized carbons (Fsp3) is 0.710. The number of alkyl halides is 1. The van der Waals surface area contributed by atoms with E-state index in [9.17, 15) is 19.5 Å². The highest BCUT2D eigenvalue weighted by Crippen LogP contribution is 2.68. The summed E-state index contributed by atoms with van der Waals surface area (Å²) < 4.78 is 4.74. The lowest BCUT2D eigenvalue weighted by atomic mass is 9.70. The first kappa shape index (κ1) is 32.1. The second-order valence-electron chi connectivity index (χ2n) is 14.0. The van der Waals surface area contributed by atoms with Gasteiger partial charge in [-0.2, -0.15) is 0 Å². The molecule has 3 unspecified atom stereocenters. The van der Waals surface area contributed by atoms with Crippen LogP contribution in [0.1, 0.15) is 68.2 Å². The number of amides is 3. The normalized spacial score (nSPS) is 30.0.